The first kappa shape index (κ1) is 5.52. The lowest BCUT2D eigenvalue weighted by atomic mass is 10.1. The average Bonchev–Trinajstić information content (AvgIpc) is 2.46. The second-order valence-electron chi connectivity index (χ2n) is 3.32. The van der Waals surface area contributed by atoms with Crippen molar-refractivity contribution in [1.29, 1.82) is 0 Å². The van der Waals surface area contributed by atoms with Gasteiger partial charge in [-0.25, -0.2) is 0 Å². The van der Waals surface area contributed by atoms with Crippen LogP contribution in [-0.4, -0.2) is 0 Å². The lowest BCUT2D eigenvalue weighted by molar-refractivity contribution is 0.606. The molecule has 2 aliphatic carbocycles. The Labute approximate surface area is 57.0 Å². The van der Waals surface area contributed by atoms with Crippen molar-refractivity contribution in [2.24, 2.45) is 5.92 Å². The standard InChI is InChI=1S/C9H14/c1-2-4-6-9-7-8(9)5-3-1/h5,9H,1-4,6-7H2. The maximum Gasteiger partial charge on any atom is -0.0166 e. The van der Waals surface area contributed by atoms with Gasteiger partial charge >= 0.3 is 0 Å². The summed E-state index contributed by atoms with van der Waals surface area (Å²) in [6, 6.07) is 0. The van der Waals surface area contributed by atoms with Crippen molar-refractivity contribution in [2.75, 3.05) is 0 Å². The summed E-state index contributed by atoms with van der Waals surface area (Å²) in [4.78, 5) is 0. The van der Waals surface area contributed by atoms with E-state index in [1.54, 1.807) is 5.57 Å². The van der Waals surface area contributed by atoms with E-state index in [4.69, 9.17) is 0 Å². The van der Waals surface area contributed by atoms with Crippen LogP contribution in [-0.2, 0) is 0 Å². The smallest absolute Gasteiger partial charge is 0.0166 e. The monoisotopic (exact) mass is 122 g/mol. The molecule has 0 aromatic carbocycles. The van der Waals surface area contributed by atoms with Gasteiger partial charge in [0, 0.05) is 0 Å². The predicted octanol–water partition coefficient (Wildman–Crippen LogP) is 2.90. The Morgan fingerprint density at radius 2 is 2.22 bits per heavy atom. The molecule has 1 fully saturated rings. The van der Waals surface area contributed by atoms with Crippen LogP contribution in [0.4, 0.5) is 0 Å². The van der Waals surface area contributed by atoms with E-state index < -0.39 is 0 Å². The van der Waals surface area contributed by atoms with Gasteiger partial charge in [0.25, 0.3) is 0 Å². The third-order valence-corrected chi connectivity index (χ3v) is 2.51. The summed E-state index contributed by atoms with van der Waals surface area (Å²) in [7, 11) is 0. The van der Waals surface area contributed by atoms with Crippen LogP contribution in [0.5, 0.6) is 0 Å². The molecule has 0 aromatic heterocycles. The SMILES string of the molecule is C1=C2CC2CCCCC1. The van der Waals surface area contributed by atoms with E-state index in [1.807, 2.05) is 0 Å². The Bertz CT molecular complexity index is 133. The molecule has 0 heteroatoms. The minimum Gasteiger partial charge on any atom is -0.0850 e. The molecular formula is C9H14. The number of fused-ring (bicyclic) bond motifs is 1. The zero-order chi connectivity index (χ0) is 6.10. The first-order valence-electron chi connectivity index (χ1n) is 4.16. The molecule has 0 aliphatic heterocycles. The number of hydrogen-bond donors (Lipinski definition) is 0. The van der Waals surface area contributed by atoms with Crippen LogP contribution in [0.25, 0.3) is 0 Å². The van der Waals surface area contributed by atoms with Crippen LogP contribution in [0.1, 0.15) is 38.5 Å². The van der Waals surface area contributed by atoms with Gasteiger partial charge in [-0.15, -0.1) is 0 Å². The minimum absolute atomic E-state index is 1.05. The fraction of sp³-hybridized carbons (Fsp3) is 0.778. The zero-order valence-electron chi connectivity index (χ0n) is 5.90. The molecule has 1 unspecified atom stereocenters. The van der Waals surface area contributed by atoms with Crippen LogP contribution >= 0.6 is 0 Å². The summed E-state index contributed by atoms with van der Waals surface area (Å²) in [6.07, 6.45) is 11.2. The van der Waals surface area contributed by atoms with E-state index in [2.05, 4.69) is 6.08 Å². The highest BCUT2D eigenvalue weighted by atomic mass is 14.3. The Morgan fingerprint density at radius 3 is 3.22 bits per heavy atom. The maximum atomic E-state index is 2.48. The summed E-state index contributed by atoms with van der Waals surface area (Å²) in [5.74, 6) is 1.05. The van der Waals surface area contributed by atoms with E-state index in [0.29, 0.717) is 0 Å². The van der Waals surface area contributed by atoms with Crippen molar-refractivity contribution in [2.45, 2.75) is 38.5 Å². The highest BCUT2D eigenvalue weighted by molar-refractivity contribution is 5.23. The summed E-state index contributed by atoms with van der Waals surface area (Å²) in [6.45, 7) is 0. The highest BCUT2D eigenvalue weighted by Crippen LogP contribution is 2.43. The molecule has 2 rings (SSSR count). The van der Waals surface area contributed by atoms with Crippen molar-refractivity contribution >= 4 is 0 Å². The van der Waals surface area contributed by atoms with Crippen molar-refractivity contribution in [1.82, 2.24) is 0 Å². The molecule has 0 bridgehead atoms. The highest BCUT2D eigenvalue weighted by Gasteiger charge is 2.28. The van der Waals surface area contributed by atoms with Gasteiger partial charge in [-0.2, -0.15) is 0 Å². The molecule has 0 radical (unpaired) electrons. The lowest BCUT2D eigenvalue weighted by Gasteiger charge is -1.99. The van der Waals surface area contributed by atoms with E-state index in [9.17, 15) is 0 Å². The quantitative estimate of drug-likeness (QED) is 0.433. The van der Waals surface area contributed by atoms with E-state index in [1.165, 1.54) is 38.5 Å². The molecule has 2 aliphatic rings. The van der Waals surface area contributed by atoms with Gasteiger partial charge in [0.15, 0.2) is 0 Å². The van der Waals surface area contributed by atoms with Gasteiger partial charge in [-0.1, -0.05) is 24.5 Å². The van der Waals surface area contributed by atoms with Crippen molar-refractivity contribution in [3.8, 4) is 0 Å². The number of rotatable bonds is 0. The Kier molecular flexibility index (Phi) is 1.33. The topological polar surface area (TPSA) is 0 Å². The second kappa shape index (κ2) is 2.17. The Morgan fingerprint density at radius 1 is 1.22 bits per heavy atom. The molecule has 1 saturated carbocycles. The normalized spacial score (nSPS) is 33.8. The van der Waals surface area contributed by atoms with Crippen molar-refractivity contribution < 1.29 is 0 Å². The van der Waals surface area contributed by atoms with Gasteiger partial charge in [0.2, 0.25) is 0 Å². The summed E-state index contributed by atoms with van der Waals surface area (Å²) in [5.41, 5.74) is 1.77. The van der Waals surface area contributed by atoms with Crippen LogP contribution in [0.3, 0.4) is 0 Å². The van der Waals surface area contributed by atoms with Crippen molar-refractivity contribution in [3.05, 3.63) is 11.6 Å². The Hall–Kier alpha value is -0.260. The first-order chi connectivity index (χ1) is 4.47. The van der Waals surface area contributed by atoms with Gasteiger partial charge in [0.05, 0.1) is 0 Å². The van der Waals surface area contributed by atoms with Gasteiger partial charge in [0.1, 0.15) is 0 Å². The van der Waals surface area contributed by atoms with Crippen LogP contribution in [0.15, 0.2) is 11.6 Å². The number of allylic oxidation sites excluding steroid dienone is 2. The van der Waals surface area contributed by atoms with E-state index >= 15 is 0 Å². The van der Waals surface area contributed by atoms with Crippen LogP contribution in [0, 0.1) is 5.92 Å². The third-order valence-electron chi connectivity index (χ3n) is 2.51. The van der Waals surface area contributed by atoms with Gasteiger partial charge in [-0.3, -0.25) is 0 Å². The fourth-order valence-electron chi connectivity index (χ4n) is 1.76. The molecule has 0 amide bonds. The second-order valence-corrected chi connectivity index (χ2v) is 3.32. The largest absolute Gasteiger partial charge is 0.0850 e. The summed E-state index contributed by atoms with van der Waals surface area (Å²) >= 11 is 0. The van der Waals surface area contributed by atoms with E-state index in [0.717, 1.165) is 5.92 Å². The third kappa shape index (κ3) is 1.17. The molecule has 0 aromatic rings. The summed E-state index contributed by atoms with van der Waals surface area (Å²) < 4.78 is 0. The van der Waals surface area contributed by atoms with E-state index in [-0.39, 0.29) is 0 Å². The van der Waals surface area contributed by atoms with Gasteiger partial charge in [-0.05, 0) is 31.6 Å². The maximum absolute atomic E-state index is 2.48. The zero-order valence-corrected chi connectivity index (χ0v) is 5.90. The van der Waals surface area contributed by atoms with Crippen LogP contribution < -0.4 is 0 Å². The fourth-order valence-corrected chi connectivity index (χ4v) is 1.76. The Balaban J connectivity index is 1.97. The first-order valence-corrected chi connectivity index (χ1v) is 4.16. The minimum atomic E-state index is 1.05. The van der Waals surface area contributed by atoms with Crippen LogP contribution in [0.2, 0.25) is 0 Å². The van der Waals surface area contributed by atoms with Gasteiger partial charge < -0.3 is 0 Å². The molecule has 1 atom stereocenters. The molecule has 0 heterocycles. The van der Waals surface area contributed by atoms with Crippen molar-refractivity contribution in [3.63, 3.8) is 0 Å². The molecular weight excluding hydrogens is 108 g/mol. The molecule has 0 spiro atoms. The molecule has 9 heavy (non-hydrogen) atoms. The lowest BCUT2D eigenvalue weighted by Crippen LogP contribution is -1.82. The molecule has 0 nitrogen and oxygen atoms in total. The molecule has 0 saturated heterocycles. The molecule has 50 valence electrons. The number of hydrogen-bond acceptors (Lipinski definition) is 0. The predicted molar refractivity (Wildman–Crippen MR) is 39.3 cm³/mol. The molecule has 0 N–H and O–H groups in total. The average molecular weight is 122 g/mol. The summed E-state index contributed by atoms with van der Waals surface area (Å²) in [5, 5.41) is 0.